The van der Waals surface area contributed by atoms with E-state index in [9.17, 15) is 4.79 Å². The second-order valence-electron chi connectivity index (χ2n) is 4.72. The number of rotatable bonds is 5. The fraction of sp³-hybridized carbons (Fsp3) is 0.615. The Kier molecular flexibility index (Phi) is 3.33. The molecule has 3 heteroatoms. The van der Waals surface area contributed by atoms with Gasteiger partial charge in [0.1, 0.15) is 0 Å². The van der Waals surface area contributed by atoms with Gasteiger partial charge in [-0.3, -0.25) is 4.79 Å². The van der Waals surface area contributed by atoms with E-state index in [4.69, 9.17) is 5.11 Å². The van der Waals surface area contributed by atoms with Crippen LogP contribution in [0.5, 0.6) is 0 Å². The lowest BCUT2D eigenvalue weighted by Crippen LogP contribution is -2.35. The highest BCUT2D eigenvalue weighted by atomic mass is 32.1. The first-order valence-corrected chi connectivity index (χ1v) is 6.79. The molecule has 0 spiro atoms. The highest BCUT2D eigenvalue weighted by molar-refractivity contribution is 7.12. The minimum absolute atomic E-state index is 0.0253. The predicted molar refractivity (Wildman–Crippen MR) is 66.1 cm³/mol. The number of carboxylic acid groups (broad SMARTS) is 1. The molecule has 0 unspecified atom stereocenters. The molecule has 1 aromatic heterocycles. The Morgan fingerprint density at radius 3 is 2.75 bits per heavy atom. The van der Waals surface area contributed by atoms with E-state index in [0.29, 0.717) is 6.42 Å². The summed E-state index contributed by atoms with van der Waals surface area (Å²) in [6, 6.07) is 4.32. The fourth-order valence-corrected chi connectivity index (χ4v) is 3.80. The second kappa shape index (κ2) is 4.58. The number of carboxylic acids is 1. The average molecular weight is 238 g/mol. The molecule has 88 valence electrons. The van der Waals surface area contributed by atoms with E-state index >= 15 is 0 Å². The zero-order valence-corrected chi connectivity index (χ0v) is 10.5. The Balaban J connectivity index is 2.16. The van der Waals surface area contributed by atoms with Crippen molar-refractivity contribution in [3.8, 4) is 0 Å². The van der Waals surface area contributed by atoms with Crippen LogP contribution in [0.25, 0.3) is 0 Å². The summed E-state index contributed by atoms with van der Waals surface area (Å²) in [6.45, 7) is 2.18. The molecule has 1 aliphatic carbocycles. The molecule has 2 rings (SSSR count). The molecule has 1 saturated carbocycles. The zero-order valence-electron chi connectivity index (χ0n) is 9.66. The first-order chi connectivity index (χ1) is 7.66. The summed E-state index contributed by atoms with van der Waals surface area (Å²) in [6.07, 6.45) is 5.85. The van der Waals surface area contributed by atoms with Crippen LogP contribution in [0.4, 0.5) is 0 Å². The summed E-state index contributed by atoms with van der Waals surface area (Å²) in [7, 11) is 0. The van der Waals surface area contributed by atoms with Crippen molar-refractivity contribution in [1.29, 1.82) is 0 Å². The van der Waals surface area contributed by atoms with Gasteiger partial charge in [0.2, 0.25) is 0 Å². The minimum atomic E-state index is -0.662. The lowest BCUT2D eigenvalue weighted by Gasteiger charge is -2.40. The normalized spacial score (nSPS) is 18.1. The summed E-state index contributed by atoms with van der Waals surface area (Å²) in [5.41, 5.74) is -0.0253. The smallest absolute Gasteiger partial charge is 0.304 e. The summed E-state index contributed by atoms with van der Waals surface area (Å²) in [5.74, 6) is -0.662. The van der Waals surface area contributed by atoms with E-state index in [1.54, 1.807) is 0 Å². The van der Waals surface area contributed by atoms with Gasteiger partial charge < -0.3 is 5.11 Å². The van der Waals surface area contributed by atoms with E-state index in [2.05, 4.69) is 19.1 Å². The van der Waals surface area contributed by atoms with Crippen LogP contribution in [0.2, 0.25) is 0 Å². The lowest BCUT2D eigenvalue weighted by molar-refractivity contribution is -0.139. The Morgan fingerprint density at radius 2 is 2.25 bits per heavy atom. The van der Waals surface area contributed by atoms with E-state index in [1.165, 1.54) is 16.2 Å². The minimum Gasteiger partial charge on any atom is -0.481 e. The monoisotopic (exact) mass is 238 g/mol. The van der Waals surface area contributed by atoms with Crippen LogP contribution in [0, 0.1) is 0 Å². The first kappa shape index (κ1) is 11.6. The van der Waals surface area contributed by atoms with Crippen LogP contribution in [-0.2, 0) is 16.6 Å². The van der Waals surface area contributed by atoms with E-state index in [1.807, 2.05) is 11.3 Å². The molecule has 1 heterocycles. The van der Waals surface area contributed by atoms with Crippen molar-refractivity contribution in [3.63, 3.8) is 0 Å². The topological polar surface area (TPSA) is 37.3 Å². The summed E-state index contributed by atoms with van der Waals surface area (Å²) in [5, 5.41) is 8.99. The Labute approximate surface area is 100 Å². The Hall–Kier alpha value is -0.830. The molecule has 16 heavy (non-hydrogen) atoms. The van der Waals surface area contributed by atoms with Gasteiger partial charge in [-0.1, -0.05) is 19.8 Å². The van der Waals surface area contributed by atoms with Gasteiger partial charge in [-0.05, 0) is 31.4 Å². The molecular weight excluding hydrogens is 220 g/mol. The zero-order chi connectivity index (χ0) is 11.6. The number of hydrogen-bond acceptors (Lipinski definition) is 2. The van der Waals surface area contributed by atoms with Gasteiger partial charge in [0.15, 0.2) is 0 Å². The number of aliphatic carboxylic acids is 1. The standard InChI is InChI=1S/C13H18O2S/c1-2-4-10-5-6-11(16-10)13(7-3-8-13)9-12(14)15/h5-6H,2-4,7-9H2,1H3,(H,14,15). The van der Waals surface area contributed by atoms with Crippen molar-refractivity contribution in [2.24, 2.45) is 0 Å². The van der Waals surface area contributed by atoms with Crippen molar-refractivity contribution in [2.45, 2.75) is 50.9 Å². The van der Waals surface area contributed by atoms with Gasteiger partial charge in [0, 0.05) is 15.2 Å². The lowest BCUT2D eigenvalue weighted by atomic mass is 9.66. The molecule has 0 radical (unpaired) electrons. The molecular formula is C13H18O2S. The number of aryl methyl sites for hydroxylation is 1. The molecule has 1 fully saturated rings. The molecule has 0 aliphatic heterocycles. The molecule has 0 bridgehead atoms. The molecule has 2 nitrogen and oxygen atoms in total. The van der Waals surface area contributed by atoms with Crippen molar-refractivity contribution in [3.05, 3.63) is 21.9 Å². The molecule has 1 aliphatic rings. The third-order valence-corrected chi connectivity index (χ3v) is 4.87. The number of hydrogen-bond donors (Lipinski definition) is 1. The maximum absolute atomic E-state index is 10.9. The predicted octanol–water partition coefficient (Wildman–Crippen LogP) is 3.60. The van der Waals surface area contributed by atoms with Gasteiger partial charge in [-0.25, -0.2) is 0 Å². The SMILES string of the molecule is CCCc1ccc(C2(CC(=O)O)CCC2)s1. The summed E-state index contributed by atoms with van der Waals surface area (Å²) < 4.78 is 0. The van der Waals surface area contributed by atoms with Gasteiger partial charge in [0.25, 0.3) is 0 Å². The van der Waals surface area contributed by atoms with Gasteiger partial charge in [0.05, 0.1) is 6.42 Å². The molecule has 0 saturated heterocycles. The van der Waals surface area contributed by atoms with Gasteiger partial charge >= 0.3 is 5.97 Å². The van der Waals surface area contributed by atoms with Gasteiger partial charge in [-0.15, -0.1) is 11.3 Å². The Bertz CT molecular complexity index is 377. The fourth-order valence-electron chi connectivity index (χ4n) is 2.45. The molecule has 1 N–H and O–H groups in total. The number of carbonyl (C=O) groups is 1. The van der Waals surface area contributed by atoms with Crippen LogP contribution >= 0.6 is 11.3 Å². The number of thiophene rings is 1. The van der Waals surface area contributed by atoms with E-state index in [0.717, 1.165) is 25.7 Å². The van der Waals surface area contributed by atoms with Crippen molar-refractivity contribution < 1.29 is 9.90 Å². The van der Waals surface area contributed by atoms with E-state index < -0.39 is 5.97 Å². The molecule has 0 atom stereocenters. The highest BCUT2D eigenvalue weighted by Crippen LogP contribution is 2.48. The second-order valence-corrected chi connectivity index (χ2v) is 5.89. The van der Waals surface area contributed by atoms with Crippen LogP contribution < -0.4 is 0 Å². The molecule has 1 aromatic rings. The third kappa shape index (κ3) is 2.14. The summed E-state index contributed by atoms with van der Waals surface area (Å²) in [4.78, 5) is 13.6. The first-order valence-electron chi connectivity index (χ1n) is 5.97. The van der Waals surface area contributed by atoms with Crippen molar-refractivity contribution in [1.82, 2.24) is 0 Å². The van der Waals surface area contributed by atoms with Crippen LogP contribution in [0.15, 0.2) is 12.1 Å². The van der Waals surface area contributed by atoms with Crippen LogP contribution in [0.3, 0.4) is 0 Å². The molecule has 0 aromatic carbocycles. The van der Waals surface area contributed by atoms with Crippen molar-refractivity contribution >= 4 is 17.3 Å². The highest BCUT2D eigenvalue weighted by Gasteiger charge is 2.41. The summed E-state index contributed by atoms with van der Waals surface area (Å²) >= 11 is 1.82. The van der Waals surface area contributed by atoms with E-state index in [-0.39, 0.29) is 5.41 Å². The Morgan fingerprint density at radius 1 is 1.50 bits per heavy atom. The largest absolute Gasteiger partial charge is 0.481 e. The van der Waals surface area contributed by atoms with Gasteiger partial charge in [-0.2, -0.15) is 0 Å². The quantitative estimate of drug-likeness (QED) is 0.851. The van der Waals surface area contributed by atoms with Crippen LogP contribution in [-0.4, -0.2) is 11.1 Å². The van der Waals surface area contributed by atoms with Crippen LogP contribution in [0.1, 0.15) is 48.8 Å². The maximum Gasteiger partial charge on any atom is 0.304 e. The maximum atomic E-state index is 10.9. The average Bonchev–Trinajstić information content (AvgIpc) is 2.60. The molecule has 0 amide bonds. The van der Waals surface area contributed by atoms with Crippen molar-refractivity contribution in [2.75, 3.05) is 0 Å². The third-order valence-electron chi connectivity index (χ3n) is 3.48.